The summed E-state index contributed by atoms with van der Waals surface area (Å²) in [6.07, 6.45) is 1.70. The van der Waals surface area contributed by atoms with Crippen LogP contribution in [0.2, 0.25) is 0 Å². The van der Waals surface area contributed by atoms with E-state index in [2.05, 4.69) is 15.6 Å². The van der Waals surface area contributed by atoms with Crippen LogP contribution in [-0.4, -0.2) is 62.1 Å². The van der Waals surface area contributed by atoms with Crippen LogP contribution in [-0.2, 0) is 26.6 Å². The van der Waals surface area contributed by atoms with Crippen molar-refractivity contribution in [3.63, 3.8) is 0 Å². The average molecular weight is 413 g/mol. The Hall–Kier alpha value is -2.82. The summed E-state index contributed by atoms with van der Waals surface area (Å²) < 4.78 is 0. The third-order valence-electron chi connectivity index (χ3n) is 3.65. The van der Waals surface area contributed by atoms with Crippen LogP contribution in [0, 0.1) is 0 Å². The Balaban J connectivity index is 2.55. The molecule has 0 saturated heterocycles. The van der Waals surface area contributed by atoms with E-state index in [-0.39, 0.29) is 12.2 Å². The Labute approximate surface area is 165 Å². The van der Waals surface area contributed by atoms with Crippen LogP contribution < -0.4 is 10.6 Å². The molecule has 2 amide bonds. The van der Waals surface area contributed by atoms with Crippen molar-refractivity contribution in [3.8, 4) is 0 Å². The Morgan fingerprint density at radius 3 is 2.32 bits per heavy atom. The predicted molar refractivity (Wildman–Crippen MR) is 101 cm³/mol. The standard InChI is InChI=1S/C17H23N3O7S/c1-2-11-7-10(5-6-18-11)8-28-9-13(16(25)26)20-17(27)19-12(15(23)24)3-4-14(21)22/h5-7,12-13H,2-4,8-9H2,1H3,(H,21,22)(H,23,24)(H,25,26)(H2,19,20,27). The lowest BCUT2D eigenvalue weighted by molar-refractivity contribution is -0.140. The van der Waals surface area contributed by atoms with E-state index < -0.39 is 42.4 Å². The van der Waals surface area contributed by atoms with E-state index >= 15 is 0 Å². The lowest BCUT2D eigenvalue weighted by Gasteiger charge is -2.18. The van der Waals surface area contributed by atoms with Gasteiger partial charge in [0, 0.05) is 29.8 Å². The molecule has 2 unspecified atom stereocenters. The zero-order valence-electron chi connectivity index (χ0n) is 15.3. The van der Waals surface area contributed by atoms with Gasteiger partial charge < -0.3 is 26.0 Å². The number of aryl methyl sites for hydroxylation is 1. The second-order valence-corrected chi connectivity index (χ2v) is 6.89. The van der Waals surface area contributed by atoms with Crippen LogP contribution in [0.5, 0.6) is 0 Å². The molecule has 0 aliphatic carbocycles. The fraction of sp³-hybridized carbons (Fsp3) is 0.471. The Morgan fingerprint density at radius 1 is 1.11 bits per heavy atom. The topological polar surface area (TPSA) is 166 Å². The summed E-state index contributed by atoms with van der Waals surface area (Å²) in [6.45, 7) is 1.98. The molecular weight excluding hydrogens is 390 g/mol. The highest BCUT2D eigenvalue weighted by Gasteiger charge is 2.24. The number of nitrogens with zero attached hydrogens (tertiary/aromatic N) is 1. The molecule has 1 rings (SSSR count). The van der Waals surface area contributed by atoms with Gasteiger partial charge in [-0.1, -0.05) is 6.92 Å². The normalized spacial score (nSPS) is 12.6. The largest absolute Gasteiger partial charge is 0.481 e. The van der Waals surface area contributed by atoms with E-state index in [0.29, 0.717) is 5.75 Å². The lowest BCUT2D eigenvalue weighted by Crippen LogP contribution is -2.52. The molecule has 0 fully saturated rings. The molecule has 0 spiro atoms. The maximum Gasteiger partial charge on any atom is 0.327 e. The zero-order chi connectivity index (χ0) is 21.1. The van der Waals surface area contributed by atoms with Gasteiger partial charge in [0.2, 0.25) is 0 Å². The number of hydrogen-bond acceptors (Lipinski definition) is 6. The second kappa shape index (κ2) is 11.8. The zero-order valence-corrected chi connectivity index (χ0v) is 16.1. The van der Waals surface area contributed by atoms with E-state index in [9.17, 15) is 24.3 Å². The number of pyridine rings is 1. The van der Waals surface area contributed by atoms with Crippen LogP contribution in [0.15, 0.2) is 18.3 Å². The third kappa shape index (κ3) is 8.71. The van der Waals surface area contributed by atoms with Gasteiger partial charge in [-0.2, -0.15) is 11.8 Å². The molecule has 5 N–H and O–H groups in total. The van der Waals surface area contributed by atoms with Crippen molar-refractivity contribution in [2.75, 3.05) is 5.75 Å². The van der Waals surface area contributed by atoms with Crippen molar-refractivity contribution in [2.24, 2.45) is 0 Å². The number of aromatic nitrogens is 1. The minimum atomic E-state index is -1.43. The minimum Gasteiger partial charge on any atom is -0.481 e. The number of aliphatic carboxylic acids is 3. The van der Waals surface area contributed by atoms with Gasteiger partial charge in [0.25, 0.3) is 0 Å². The molecule has 0 aromatic carbocycles. The number of thioether (sulfide) groups is 1. The molecule has 1 aromatic rings. The smallest absolute Gasteiger partial charge is 0.327 e. The summed E-state index contributed by atoms with van der Waals surface area (Å²) in [4.78, 5) is 49.1. The first-order chi connectivity index (χ1) is 13.2. The highest BCUT2D eigenvalue weighted by Crippen LogP contribution is 2.14. The summed E-state index contributed by atoms with van der Waals surface area (Å²) in [6, 6.07) is 0.0991. The molecular formula is C17H23N3O7S. The number of amides is 2. The maximum atomic E-state index is 11.9. The van der Waals surface area contributed by atoms with E-state index in [0.717, 1.165) is 17.7 Å². The van der Waals surface area contributed by atoms with Crippen LogP contribution in [0.25, 0.3) is 0 Å². The molecule has 0 saturated carbocycles. The van der Waals surface area contributed by atoms with Crippen LogP contribution >= 0.6 is 11.8 Å². The monoisotopic (exact) mass is 413 g/mol. The van der Waals surface area contributed by atoms with Crippen LogP contribution in [0.1, 0.15) is 31.0 Å². The lowest BCUT2D eigenvalue weighted by atomic mass is 10.1. The van der Waals surface area contributed by atoms with Gasteiger partial charge in [-0.25, -0.2) is 14.4 Å². The van der Waals surface area contributed by atoms with Crippen molar-refractivity contribution < 1.29 is 34.5 Å². The van der Waals surface area contributed by atoms with Gasteiger partial charge in [-0.05, 0) is 30.5 Å². The van der Waals surface area contributed by atoms with Gasteiger partial charge in [-0.15, -0.1) is 0 Å². The van der Waals surface area contributed by atoms with Crippen molar-refractivity contribution in [1.82, 2.24) is 15.6 Å². The van der Waals surface area contributed by atoms with E-state index in [1.165, 1.54) is 11.8 Å². The second-order valence-electron chi connectivity index (χ2n) is 5.86. The molecule has 28 heavy (non-hydrogen) atoms. The molecule has 1 heterocycles. The maximum absolute atomic E-state index is 11.9. The van der Waals surface area contributed by atoms with Crippen molar-refractivity contribution in [3.05, 3.63) is 29.6 Å². The van der Waals surface area contributed by atoms with Gasteiger partial charge in [0.05, 0.1) is 0 Å². The molecule has 2 atom stereocenters. The van der Waals surface area contributed by atoms with E-state index in [4.69, 9.17) is 10.2 Å². The SMILES string of the molecule is CCc1cc(CSCC(NC(=O)NC(CCC(=O)O)C(=O)O)C(=O)O)ccn1. The number of urea groups is 1. The van der Waals surface area contributed by atoms with E-state index in [1.807, 2.05) is 19.1 Å². The number of carboxylic acids is 3. The number of carbonyl (C=O) groups is 4. The van der Waals surface area contributed by atoms with Crippen molar-refractivity contribution >= 4 is 35.7 Å². The number of carboxylic acid groups (broad SMARTS) is 3. The minimum absolute atomic E-state index is 0.0688. The first-order valence-electron chi connectivity index (χ1n) is 8.48. The number of carbonyl (C=O) groups excluding carboxylic acids is 1. The highest BCUT2D eigenvalue weighted by molar-refractivity contribution is 7.98. The molecule has 11 heteroatoms. The molecule has 0 aliphatic heterocycles. The van der Waals surface area contributed by atoms with Gasteiger partial charge in [-0.3, -0.25) is 9.78 Å². The molecule has 1 aromatic heterocycles. The summed E-state index contributed by atoms with van der Waals surface area (Å²) in [5, 5.41) is 31.2. The average Bonchev–Trinajstić information content (AvgIpc) is 2.63. The molecule has 10 nitrogen and oxygen atoms in total. The van der Waals surface area contributed by atoms with Gasteiger partial charge >= 0.3 is 23.9 Å². The number of nitrogens with one attached hydrogen (secondary N) is 2. The van der Waals surface area contributed by atoms with Crippen molar-refractivity contribution in [2.45, 2.75) is 44.0 Å². The molecule has 0 bridgehead atoms. The first-order valence-corrected chi connectivity index (χ1v) is 9.64. The van der Waals surface area contributed by atoms with E-state index in [1.54, 1.807) is 6.20 Å². The molecule has 154 valence electrons. The summed E-state index contributed by atoms with van der Waals surface area (Å²) in [5.74, 6) is -3.26. The Morgan fingerprint density at radius 2 is 1.75 bits per heavy atom. The summed E-state index contributed by atoms with van der Waals surface area (Å²) in [7, 11) is 0. The molecule has 0 radical (unpaired) electrons. The van der Waals surface area contributed by atoms with Crippen LogP contribution in [0.3, 0.4) is 0 Å². The Kier molecular flexibility index (Phi) is 9.79. The number of hydrogen-bond donors (Lipinski definition) is 5. The summed E-state index contributed by atoms with van der Waals surface area (Å²) >= 11 is 1.30. The quantitative estimate of drug-likeness (QED) is 0.335. The third-order valence-corrected chi connectivity index (χ3v) is 4.76. The fourth-order valence-corrected chi connectivity index (χ4v) is 3.16. The summed E-state index contributed by atoms with van der Waals surface area (Å²) in [5.41, 5.74) is 1.90. The molecule has 0 aliphatic rings. The van der Waals surface area contributed by atoms with Crippen LogP contribution in [0.4, 0.5) is 4.79 Å². The van der Waals surface area contributed by atoms with Gasteiger partial charge in [0.15, 0.2) is 0 Å². The number of rotatable bonds is 12. The first kappa shape index (κ1) is 23.2. The predicted octanol–water partition coefficient (Wildman–Crippen LogP) is 0.948. The Bertz CT molecular complexity index is 714. The van der Waals surface area contributed by atoms with Crippen molar-refractivity contribution in [1.29, 1.82) is 0 Å². The highest BCUT2D eigenvalue weighted by atomic mass is 32.2. The fourth-order valence-electron chi connectivity index (χ4n) is 2.16. The van der Waals surface area contributed by atoms with Gasteiger partial charge in [0.1, 0.15) is 12.1 Å².